The van der Waals surface area contributed by atoms with Crippen molar-refractivity contribution in [2.45, 2.75) is 0 Å². The van der Waals surface area contributed by atoms with Gasteiger partial charge in [0.25, 0.3) is 0 Å². The summed E-state index contributed by atoms with van der Waals surface area (Å²) in [4.78, 5) is 8.16. The molecule has 0 unspecified atom stereocenters. The molecule has 0 N–H and O–H groups in total. The van der Waals surface area contributed by atoms with Crippen LogP contribution in [0.4, 0.5) is 0 Å². The molecule has 0 fully saturated rings. The van der Waals surface area contributed by atoms with E-state index in [1.54, 1.807) is 23.2 Å². The second-order valence-electron chi connectivity index (χ2n) is 2.88. The predicted molar refractivity (Wildman–Crippen MR) is 51.2 cm³/mol. The van der Waals surface area contributed by atoms with Gasteiger partial charge in [-0.3, -0.25) is 4.98 Å². The highest BCUT2D eigenvalue weighted by atomic mass is 15.1. The summed E-state index contributed by atoms with van der Waals surface area (Å²) < 4.78 is 1.75. The zero-order valence-corrected chi connectivity index (χ0v) is 7.68. The summed E-state index contributed by atoms with van der Waals surface area (Å²) in [7, 11) is 1.81. The number of hydrogen-bond donors (Lipinski definition) is 0. The summed E-state index contributed by atoms with van der Waals surface area (Å²) in [5.74, 6) is 0.759. The molecule has 4 heteroatoms. The van der Waals surface area contributed by atoms with Crippen molar-refractivity contribution in [1.29, 1.82) is 5.26 Å². The van der Waals surface area contributed by atoms with E-state index in [4.69, 9.17) is 5.26 Å². The summed E-state index contributed by atoms with van der Waals surface area (Å²) in [5.41, 5.74) is 1.46. The summed E-state index contributed by atoms with van der Waals surface area (Å²) in [5, 5.41) is 8.75. The highest BCUT2D eigenvalue weighted by Gasteiger charge is 2.07. The standard InChI is InChI=1S/C10H8N4/c1-14-9(5-11)7-13-10(14)8-3-2-4-12-6-8/h2-4,6-7H,1H3. The van der Waals surface area contributed by atoms with Gasteiger partial charge in [-0.2, -0.15) is 5.26 Å². The van der Waals surface area contributed by atoms with E-state index in [9.17, 15) is 0 Å². The van der Waals surface area contributed by atoms with Crippen molar-refractivity contribution in [3.05, 3.63) is 36.4 Å². The van der Waals surface area contributed by atoms with Gasteiger partial charge in [0.15, 0.2) is 0 Å². The second-order valence-corrected chi connectivity index (χ2v) is 2.88. The first-order chi connectivity index (χ1) is 6.83. The summed E-state index contributed by atoms with van der Waals surface area (Å²) in [6, 6.07) is 5.82. The molecule has 0 spiro atoms. The summed E-state index contributed by atoms with van der Waals surface area (Å²) >= 11 is 0. The average molecular weight is 184 g/mol. The largest absolute Gasteiger partial charge is 0.319 e. The third-order valence-corrected chi connectivity index (χ3v) is 2.02. The number of pyridine rings is 1. The Bertz CT molecular complexity index is 479. The Hall–Kier alpha value is -2.15. The molecule has 0 bridgehead atoms. The molecule has 0 aromatic carbocycles. The fraction of sp³-hybridized carbons (Fsp3) is 0.100. The SMILES string of the molecule is Cn1c(C#N)cnc1-c1cccnc1. The van der Waals surface area contributed by atoms with Gasteiger partial charge in [0.2, 0.25) is 0 Å². The van der Waals surface area contributed by atoms with Gasteiger partial charge in [-0.15, -0.1) is 0 Å². The molecule has 68 valence electrons. The lowest BCUT2D eigenvalue weighted by molar-refractivity contribution is 0.906. The van der Waals surface area contributed by atoms with Crippen LogP contribution < -0.4 is 0 Å². The van der Waals surface area contributed by atoms with Gasteiger partial charge in [0.1, 0.15) is 17.6 Å². The molecular weight excluding hydrogens is 176 g/mol. The van der Waals surface area contributed by atoms with Crippen LogP contribution in [-0.4, -0.2) is 14.5 Å². The molecule has 0 aliphatic carbocycles. The van der Waals surface area contributed by atoms with E-state index in [-0.39, 0.29) is 0 Å². The fourth-order valence-corrected chi connectivity index (χ4v) is 1.28. The van der Waals surface area contributed by atoms with Gasteiger partial charge in [0, 0.05) is 25.0 Å². The van der Waals surface area contributed by atoms with Gasteiger partial charge >= 0.3 is 0 Å². The minimum Gasteiger partial charge on any atom is -0.319 e. The average Bonchev–Trinajstić information content (AvgIpc) is 2.61. The van der Waals surface area contributed by atoms with Crippen LogP contribution in [-0.2, 0) is 7.05 Å². The first kappa shape index (κ1) is 8.45. The van der Waals surface area contributed by atoms with Crippen molar-refractivity contribution in [3.63, 3.8) is 0 Å². The number of nitriles is 1. The van der Waals surface area contributed by atoms with Crippen LogP contribution in [0.25, 0.3) is 11.4 Å². The van der Waals surface area contributed by atoms with Crippen LogP contribution >= 0.6 is 0 Å². The molecule has 2 aromatic heterocycles. The molecule has 0 radical (unpaired) electrons. The normalized spacial score (nSPS) is 9.71. The summed E-state index contributed by atoms with van der Waals surface area (Å²) in [6.07, 6.45) is 4.99. The minimum absolute atomic E-state index is 0.545. The van der Waals surface area contributed by atoms with E-state index < -0.39 is 0 Å². The van der Waals surface area contributed by atoms with Crippen LogP contribution in [0.15, 0.2) is 30.7 Å². The van der Waals surface area contributed by atoms with E-state index in [2.05, 4.69) is 16.0 Å². The first-order valence-electron chi connectivity index (χ1n) is 4.15. The van der Waals surface area contributed by atoms with Gasteiger partial charge in [0.05, 0.1) is 6.20 Å². The predicted octanol–water partition coefficient (Wildman–Crippen LogP) is 1.35. The van der Waals surface area contributed by atoms with Crippen LogP contribution in [0.2, 0.25) is 0 Å². The molecular formula is C10H8N4. The van der Waals surface area contributed by atoms with Crippen molar-refractivity contribution >= 4 is 0 Å². The number of nitrogens with zero attached hydrogens (tertiary/aromatic N) is 4. The Morgan fingerprint density at radius 2 is 2.29 bits per heavy atom. The number of aromatic nitrogens is 3. The molecule has 0 atom stereocenters. The Kier molecular flexibility index (Phi) is 1.99. The van der Waals surface area contributed by atoms with Crippen molar-refractivity contribution in [3.8, 4) is 17.5 Å². The monoisotopic (exact) mass is 184 g/mol. The zero-order valence-electron chi connectivity index (χ0n) is 7.68. The molecule has 2 heterocycles. The van der Waals surface area contributed by atoms with E-state index in [0.29, 0.717) is 5.69 Å². The van der Waals surface area contributed by atoms with Crippen molar-refractivity contribution in [1.82, 2.24) is 14.5 Å². The van der Waals surface area contributed by atoms with E-state index in [1.165, 1.54) is 0 Å². The molecule has 0 aliphatic heterocycles. The number of rotatable bonds is 1. The number of hydrogen-bond acceptors (Lipinski definition) is 3. The maximum Gasteiger partial charge on any atom is 0.142 e. The van der Waals surface area contributed by atoms with Crippen molar-refractivity contribution in [2.24, 2.45) is 7.05 Å². The van der Waals surface area contributed by atoms with Gasteiger partial charge in [-0.05, 0) is 12.1 Å². The van der Waals surface area contributed by atoms with E-state index >= 15 is 0 Å². The lowest BCUT2D eigenvalue weighted by atomic mass is 10.3. The molecule has 0 saturated carbocycles. The second kappa shape index (κ2) is 3.30. The minimum atomic E-state index is 0.545. The van der Waals surface area contributed by atoms with Crippen molar-refractivity contribution in [2.75, 3.05) is 0 Å². The third kappa shape index (κ3) is 1.25. The topological polar surface area (TPSA) is 54.5 Å². The molecule has 4 nitrogen and oxygen atoms in total. The van der Waals surface area contributed by atoms with Crippen LogP contribution in [0, 0.1) is 11.3 Å². The number of imidazole rings is 1. The van der Waals surface area contributed by atoms with Gasteiger partial charge < -0.3 is 4.57 Å². The lowest BCUT2D eigenvalue weighted by Crippen LogP contribution is -1.95. The smallest absolute Gasteiger partial charge is 0.142 e. The third-order valence-electron chi connectivity index (χ3n) is 2.02. The summed E-state index contributed by atoms with van der Waals surface area (Å²) in [6.45, 7) is 0. The molecule has 14 heavy (non-hydrogen) atoms. The fourth-order valence-electron chi connectivity index (χ4n) is 1.28. The molecule has 2 aromatic rings. The maximum absolute atomic E-state index is 8.75. The Morgan fingerprint density at radius 3 is 2.86 bits per heavy atom. The maximum atomic E-state index is 8.75. The van der Waals surface area contributed by atoms with E-state index in [0.717, 1.165) is 11.4 Å². The van der Waals surface area contributed by atoms with Crippen LogP contribution in [0.5, 0.6) is 0 Å². The molecule has 2 rings (SSSR count). The highest BCUT2D eigenvalue weighted by Crippen LogP contribution is 2.16. The first-order valence-corrected chi connectivity index (χ1v) is 4.15. The molecule has 0 saturated heterocycles. The Morgan fingerprint density at radius 1 is 1.43 bits per heavy atom. The molecule has 0 aliphatic rings. The van der Waals surface area contributed by atoms with E-state index in [1.807, 2.05) is 19.2 Å². The zero-order chi connectivity index (χ0) is 9.97. The van der Waals surface area contributed by atoms with Crippen LogP contribution in [0.1, 0.15) is 5.69 Å². The Labute approximate surface area is 81.5 Å². The van der Waals surface area contributed by atoms with Crippen LogP contribution in [0.3, 0.4) is 0 Å². The Balaban J connectivity index is 2.54. The quantitative estimate of drug-likeness (QED) is 0.672. The van der Waals surface area contributed by atoms with Gasteiger partial charge in [-0.25, -0.2) is 4.98 Å². The van der Waals surface area contributed by atoms with Crippen molar-refractivity contribution < 1.29 is 0 Å². The highest BCUT2D eigenvalue weighted by molar-refractivity contribution is 5.55. The molecule has 0 amide bonds. The van der Waals surface area contributed by atoms with Gasteiger partial charge in [-0.1, -0.05) is 0 Å². The lowest BCUT2D eigenvalue weighted by Gasteiger charge is -2.00.